The summed E-state index contributed by atoms with van der Waals surface area (Å²) < 4.78 is 26.6. The summed E-state index contributed by atoms with van der Waals surface area (Å²) in [5.41, 5.74) is 2.04. The Labute approximate surface area is 202 Å². The van der Waals surface area contributed by atoms with E-state index in [-0.39, 0.29) is 29.7 Å². The summed E-state index contributed by atoms with van der Waals surface area (Å²) in [6.07, 6.45) is 0. The molecule has 35 heavy (non-hydrogen) atoms. The second kappa shape index (κ2) is 9.29. The van der Waals surface area contributed by atoms with Gasteiger partial charge in [0.1, 0.15) is 17.3 Å². The highest BCUT2D eigenvalue weighted by Crippen LogP contribution is 2.33. The van der Waals surface area contributed by atoms with Gasteiger partial charge in [0.25, 0.3) is 0 Å². The SMILES string of the molecule is C[C@@H]1CN(C(=O)Nc2ccc(F)cc2)[C@@H](C)CN1c1nnc(-c2ccc(F)cc2)c2ccccc12. The highest BCUT2D eigenvalue weighted by molar-refractivity contribution is 6.00. The van der Waals surface area contributed by atoms with Crippen molar-refractivity contribution >= 4 is 28.3 Å². The van der Waals surface area contributed by atoms with Gasteiger partial charge in [-0.1, -0.05) is 24.3 Å². The lowest BCUT2D eigenvalue weighted by atomic mass is 10.0. The minimum absolute atomic E-state index is 0.0143. The van der Waals surface area contributed by atoms with Crippen molar-refractivity contribution < 1.29 is 13.6 Å². The molecule has 0 aliphatic carbocycles. The number of urea groups is 1. The summed E-state index contributed by atoms with van der Waals surface area (Å²) in [5, 5.41) is 13.8. The molecule has 0 saturated carbocycles. The molecule has 4 aromatic rings. The van der Waals surface area contributed by atoms with Gasteiger partial charge in [0.15, 0.2) is 5.82 Å². The summed E-state index contributed by atoms with van der Waals surface area (Å²) >= 11 is 0. The van der Waals surface area contributed by atoms with Crippen molar-refractivity contribution in [3.05, 3.63) is 84.4 Å². The van der Waals surface area contributed by atoms with Crippen LogP contribution < -0.4 is 10.2 Å². The number of amides is 2. The molecule has 0 radical (unpaired) electrons. The van der Waals surface area contributed by atoms with E-state index in [1.165, 1.54) is 24.3 Å². The topological polar surface area (TPSA) is 61.4 Å². The number of anilines is 2. The van der Waals surface area contributed by atoms with Crippen LogP contribution in [0.25, 0.3) is 22.0 Å². The standard InChI is InChI=1S/C27H25F2N5O/c1-17-16-34(27(35)30-22-13-11-21(29)12-14-22)18(2)15-33(17)26-24-6-4-3-5-23(24)25(31-32-26)19-7-9-20(28)10-8-19/h3-14,17-18H,15-16H2,1-2H3,(H,30,35)/t17-,18+/m1/s1. The third-order valence-corrected chi connectivity index (χ3v) is 6.40. The van der Waals surface area contributed by atoms with Gasteiger partial charge in [0, 0.05) is 47.2 Å². The summed E-state index contributed by atoms with van der Waals surface area (Å²) in [7, 11) is 0. The van der Waals surface area contributed by atoms with Crippen molar-refractivity contribution in [2.75, 3.05) is 23.3 Å². The van der Waals surface area contributed by atoms with Crippen LogP contribution in [0.15, 0.2) is 72.8 Å². The van der Waals surface area contributed by atoms with Gasteiger partial charge in [-0.2, -0.15) is 0 Å². The molecule has 2 heterocycles. The Kier molecular flexibility index (Phi) is 6.03. The number of hydrogen-bond acceptors (Lipinski definition) is 4. The number of hydrogen-bond donors (Lipinski definition) is 1. The van der Waals surface area contributed by atoms with Crippen molar-refractivity contribution in [2.45, 2.75) is 25.9 Å². The molecule has 1 saturated heterocycles. The average Bonchev–Trinajstić information content (AvgIpc) is 2.86. The molecule has 0 bridgehead atoms. The van der Waals surface area contributed by atoms with Gasteiger partial charge in [-0.15, -0.1) is 10.2 Å². The van der Waals surface area contributed by atoms with Crippen molar-refractivity contribution in [2.24, 2.45) is 0 Å². The molecule has 2 amide bonds. The van der Waals surface area contributed by atoms with Crippen molar-refractivity contribution in [1.29, 1.82) is 0 Å². The minimum Gasteiger partial charge on any atom is -0.348 e. The first-order chi connectivity index (χ1) is 16.9. The Balaban J connectivity index is 1.41. The second-order valence-corrected chi connectivity index (χ2v) is 8.86. The van der Waals surface area contributed by atoms with Crippen LogP contribution in [0.4, 0.5) is 25.1 Å². The Hall–Kier alpha value is -4.07. The Morgan fingerprint density at radius 2 is 1.46 bits per heavy atom. The summed E-state index contributed by atoms with van der Waals surface area (Å²) in [5.74, 6) is 0.105. The predicted molar refractivity (Wildman–Crippen MR) is 133 cm³/mol. The fourth-order valence-corrected chi connectivity index (χ4v) is 4.56. The number of piperazine rings is 1. The first-order valence-electron chi connectivity index (χ1n) is 11.5. The molecule has 5 rings (SSSR count). The van der Waals surface area contributed by atoms with Crippen molar-refractivity contribution in [3.8, 4) is 11.3 Å². The fourth-order valence-electron chi connectivity index (χ4n) is 4.56. The zero-order chi connectivity index (χ0) is 24.5. The van der Waals surface area contributed by atoms with Gasteiger partial charge in [0.2, 0.25) is 0 Å². The van der Waals surface area contributed by atoms with Gasteiger partial charge in [-0.25, -0.2) is 13.6 Å². The van der Waals surface area contributed by atoms with Crippen LogP contribution in [0.2, 0.25) is 0 Å². The Bertz CT molecular complexity index is 1360. The molecule has 6 nitrogen and oxygen atoms in total. The molecule has 1 N–H and O–H groups in total. The molecule has 1 aromatic heterocycles. The van der Waals surface area contributed by atoms with E-state index >= 15 is 0 Å². The number of carbonyl (C=O) groups is 1. The maximum Gasteiger partial charge on any atom is 0.322 e. The van der Waals surface area contributed by atoms with Crippen molar-refractivity contribution in [1.82, 2.24) is 15.1 Å². The van der Waals surface area contributed by atoms with E-state index < -0.39 is 0 Å². The first-order valence-corrected chi connectivity index (χ1v) is 11.5. The molecule has 8 heteroatoms. The number of fused-ring (bicyclic) bond motifs is 1. The molecule has 0 spiro atoms. The van der Waals surface area contributed by atoms with E-state index in [9.17, 15) is 13.6 Å². The monoisotopic (exact) mass is 473 g/mol. The van der Waals surface area contributed by atoms with Crippen LogP contribution in [0.1, 0.15) is 13.8 Å². The third-order valence-electron chi connectivity index (χ3n) is 6.40. The minimum atomic E-state index is -0.350. The molecule has 1 aliphatic rings. The van der Waals surface area contributed by atoms with E-state index in [4.69, 9.17) is 0 Å². The zero-order valence-corrected chi connectivity index (χ0v) is 19.5. The summed E-state index contributed by atoms with van der Waals surface area (Å²) in [6, 6.07) is 19.5. The van der Waals surface area contributed by atoms with E-state index in [0.717, 1.165) is 22.2 Å². The van der Waals surface area contributed by atoms with E-state index in [2.05, 4.69) is 20.4 Å². The van der Waals surface area contributed by atoms with Gasteiger partial charge in [-0.3, -0.25) is 0 Å². The first kappa shape index (κ1) is 22.7. The maximum atomic E-state index is 13.4. The van der Waals surface area contributed by atoms with Gasteiger partial charge >= 0.3 is 6.03 Å². The third kappa shape index (κ3) is 4.51. The van der Waals surface area contributed by atoms with E-state index in [1.54, 1.807) is 29.2 Å². The van der Waals surface area contributed by atoms with E-state index in [0.29, 0.717) is 24.5 Å². The molecule has 1 fully saturated rings. The van der Waals surface area contributed by atoms with Gasteiger partial charge in [0.05, 0.1) is 0 Å². The van der Waals surface area contributed by atoms with Crippen LogP contribution in [0.3, 0.4) is 0 Å². The van der Waals surface area contributed by atoms with Crippen LogP contribution >= 0.6 is 0 Å². The predicted octanol–water partition coefficient (Wildman–Crippen LogP) is 5.71. The zero-order valence-electron chi connectivity index (χ0n) is 19.5. The second-order valence-electron chi connectivity index (χ2n) is 8.86. The molecular weight excluding hydrogens is 448 g/mol. The highest BCUT2D eigenvalue weighted by atomic mass is 19.1. The Morgan fingerprint density at radius 3 is 2.14 bits per heavy atom. The summed E-state index contributed by atoms with van der Waals surface area (Å²) in [6.45, 7) is 5.11. The molecule has 2 atom stereocenters. The highest BCUT2D eigenvalue weighted by Gasteiger charge is 2.34. The number of rotatable bonds is 3. The summed E-state index contributed by atoms with van der Waals surface area (Å²) in [4.78, 5) is 16.9. The molecule has 0 unspecified atom stereocenters. The van der Waals surface area contributed by atoms with Gasteiger partial charge in [-0.05, 0) is 62.4 Å². The van der Waals surface area contributed by atoms with Crippen LogP contribution in [0.5, 0.6) is 0 Å². The number of nitrogens with zero attached hydrogens (tertiary/aromatic N) is 4. The molecule has 178 valence electrons. The van der Waals surface area contributed by atoms with Gasteiger partial charge < -0.3 is 15.1 Å². The normalized spacial score (nSPS) is 18.1. The lowest BCUT2D eigenvalue weighted by Gasteiger charge is -2.44. The number of nitrogens with one attached hydrogen (secondary N) is 1. The lowest BCUT2D eigenvalue weighted by Crippen LogP contribution is -2.59. The lowest BCUT2D eigenvalue weighted by molar-refractivity contribution is 0.173. The fraction of sp³-hybridized carbons (Fsp3) is 0.222. The quantitative estimate of drug-likeness (QED) is 0.414. The average molecular weight is 474 g/mol. The smallest absolute Gasteiger partial charge is 0.322 e. The van der Waals surface area contributed by atoms with E-state index in [1.807, 2.05) is 38.1 Å². The Morgan fingerprint density at radius 1 is 0.829 bits per heavy atom. The molecule has 1 aliphatic heterocycles. The van der Waals surface area contributed by atoms with Crippen LogP contribution in [-0.2, 0) is 0 Å². The number of carbonyl (C=O) groups excluding carboxylic acids is 1. The molecule has 3 aromatic carbocycles. The van der Waals surface area contributed by atoms with Crippen LogP contribution in [0, 0.1) is 11.6 Å². The maximum absolute atomic E-state index is 13.4. The number of halogens is 2. The number of aromatic nitrogens is 2. The molecular formula is C27H25F2N5O. The van der Waals surface area contributed by atoms with Crippen LogP contribution in [-0.4, -0.2) is 46.3 Å². The number of benzene rings is 3. The largest absolute Gasteiger partial charge is 0.348 e. The van der Waals surface area contributed by atoms with Crippen molar-refractivity contribution in [3.63, 3.8) is 0 Å².